The number of carbonyl (C=O) groups excluding carboxylic acids is 3. The number of hydrogen-bond donors (Lipinski definition) is 1. The van der Waals surface area contributed by atoms with Crippen LogP contribution in [0.3, 0.4) is 0 Å². The molecule has 7 nitrogen and oxygen atoms in total. The molecule has 2 heterocycles. The fourth-order valence-electron chi connectivity index (χ4n) is 7.28. The molecule has 45 heavy (non-hydrogen) atoms. The molecule has 2 aliphatic heterocycles. The molecule has 9 heteroatoms. The van der Waals surface area contributed by atoms with Crippen LogP contribution in [0.15, 0.2) is 72.8 Å². The molecule has 1 saturated heterocycles. The Balaban J connectivity index is 1.29. The zero-order chi connectivity index (χ0) is 31.5. The topological polar surface area (TPSA) is 73.0 Å². The smallest absolute Gasteiger partial charge is 0.254 e. The summed E-state index contributed by atoms with van der Waals surface area (Å²) in [4.78, 5) is 48.2. The molecule has 3 aromatic rings. The van der Waals surface area contributed by atoms with Gasteiger partial charge >= 0.3 is 0 Å². The summed E-state index contributed by atoms with van der Waals surface area (Å²) in [5, 5.41) is 4.08. The Kier molecular flexibility index (Phi) is 9.78. The predicted molar refractivity (Wildman–Crippen MR) is 178 cm³/mol. The Morgan fingerprint density at radius 2 is 1.53 bits per heavy atom. The van der Waals surface area contributed by atoms with Crippen molar-refractivity contribution in [3.05, 3.63) is 105 Å². The Labute approximate surface area is 275 Å². The Morgan fingerprint density at radius 3 is 2.24 bits per heavy atom. The number of nitrogens with one attached hydrogen (secondary N) is 1. The maximum Gasteiger partial charge on any atom is 0.254 e. The van der Waals surface area contributed by atoms with E-state index in [4.69, 9.17) is 23.2 Å². The second-order valence-electron chi connectivity index (χ2n) is 12.5. The highest BCUT2D eigenvalue weighted by Crippen LogP contribution is 2.48. The number of nitrogens with zero attached hydrogens (tertiary/aromatic N) is 3. The van der Waals surface area contributed by atoms with Gasteiger partial charge in [-0.05, 0) is 74.0 Å². The molecule has 6 rings (SSSR count). The Bertz CT molecular complexity index is 1530. The second-order valence-corrected chi connectivity index (χ2v) is 13.4. The van der Waals surface area contributed by atoms with Crippen molar-refractivity contribution in [2.24, 2.45) is 5.92 Å². The van der Waals surface area contributed by atoms with Crippen LogP contribution < -0.4 is 5.32 Å². The quantitative estimate of drug-likeness (QED) is 0.344. The van der Waals surface area contributed by atoms with E-state index in [1.165, 1.54) is 0 Å². The number of halogens is 2. The first-order valence-electron chi connectivity index (χ1n) is 16.0. The normalized spacial score (nSPS) is 23.8. The predicted octanol–water partition coefficient (Wildman–Crippen LogP) is 5.97. The molecular formula is C36H40Cl2N4O3. The number of piperazine rings is 1. The van der Waals surface area contributed by atoms with E-state index < -0.39 is 12.0 Å². The lowest BCUT2D eigenvalue weighted by Crippen LogP contribution is -2.53. The average Bonchev–Trinajstić information content (AvgIpc) is 3.05. The lowest BCUT2D eigenvalue weighted by atomic mass is 9.76. The third kappa shape index (κ3) is 6.76. The van der Waals surface area contributed by atoms with Gasteiger partial charge in [-0.15, -0.1) is 0 Å². The SMILES string of the molecule is CN1CCN(C(=O)[C@H]2CC[C@@H](N3C(=O)c4ccccc4[C@@H](C(=O)NCCc4ccccc4)[C@@H]3c3ccc(Cl)cc3Cl)CC2)CC1. The van der Waals surface area contributed by atoms with Crippen LogP contribution in [0, 0.1) is 5.92 Å². The van der Waals surface area contributed by atoms with E-state index in [9.17, 15) is 14.4 Å². The number of carbonyl (C=O) groups is 3. The van der Waals surface area contributed by atoms with Gasteiger partial charge in [-0.2, -0.15) is 0 Å². The number of benzene rings is 3. The highest BCUT2D eigenvalue weighted by molar-refractivity contribution is 6.35. The van der Waals surface area contributed by atoms with Crippen molar-refractivity contribution in [3.8, 4) is 0 Å². The zero-order valence-corrected chi connectivity index (χ0v) is 27.1. The molecule has 1 saturated carbocycles. The summed E-state index contributed by atoms with van der Waals surface area (Å²) >= 11 is 13.2. The van der Waals surface area contributed by atoms with Gasteiger partial charge in [0.1, 0.15) is 0 Å². The second kappa shape index (κ2) is 13.9. The third-order valence-corrected chi connectivity index (χ3v) is 10.3. The van der Waals surface area contributed by atoms with Gasteiger partial charge in [-0.1, -0.05) is 77.8 Å². The molecule has 3 aliphatic rings. The molecular weight excluding hydrogens is 607 g/mol. The number of rotatable bonds is 7. The van der Waals surface area contributed by atoms with Crippen LogP contribution in [0.4, 0.5) is 0 Å². The van der Waals surface area contributed by atoms with Crippen molar-refractivity contribution in [3.63, 3.8) is 0 Å². The standard InChI is InChI=1S/C36H40Cl2N4O3/c1-40-19-21-41(22-20-40)35(44)25-11-14-27(15-12-25)42-33(30-16-13-26(37)23-31(30)38)32(28-9-5-6-10-29(28)36(42)45)34(43)39-18-17-24-7-3-2-4-8-24/h2-10,13,16,23,25,27,32-33H,11-12,14-15,17-22H2,1H3,(H,39,43)/t25-,27+,32-,33+/m1/s1. The molecule has 236 valence electrons. The summed E-state index contributed by atoms with van der Waals surface area (Å²) in [6.07, 6.45) is 3.47. The van der Waals surface area contributed by atoms with Crippen molar-refractivity contribution in [1.82, 2.24) is 20.0 Å². The highest BCUT2D eigenvalue weighted by atomic mass is 35.5. The lowest BCUT2D eigenvalue weighted by Gasteiger charge is -2.47. The van der Waals surface area contributed by atoms with Crippen LogP contribution in [0.1, 0.15) is 64.7 Å². The minimum atomic E-state index is -0.668. The van der Waals surface area contributed by atoms with Crippen molar-refractivity contribution in [1.29, 1.82) is 0 Å². The molecule has 2 fully saturated rings. The van der Waals surface area contributed by atoms with Gasteiger partial charge in [-0.25, -0.2) is 0 Å². The summed E-state index contributed by atoms with van der Waals surface area (Å²) in [7, 11) is 2.08. The van der Waals surface area contributed by atoms with Crippen molar-refractivity contribution >= 4 is 40.9 Å². The van der Waals surface area contributed by atoms with Gasteiger partial charge in [0.15, 0.2) is 0 Å². The number of amides is 3. The average molecular weight is 648 g/mol. The van der Waals surface area contributed by atoms with Crippen LogP contribution in [-0.2, 0) is 16.0 Å². The first-order valence-corrected chi connectivity index (χ1v) is 16.7. The van der Waals surface area contributed by atoms with Crippen LogP contribution in [0.5, 0.6) is 0 Å². The highest BCUT2D eigenvalue weighted by Gasteiger charge is 2.48. The van der Waals surface area contributed by atoms with Crippen LogP contribution in [0.2, 0.25) is 10.0 Å². The third-order valence-electron chi connectivity index (χ3n) is 9.75. The van der Waals surface area contributed by atoms with Crippen LogP contribution in [0.25, 0.3) is 0 Å². The van der Waals surface area contributed by atoms with Crippen LogP contribution >= 0.6 is 23.2 Å². The number of fused-ring (bicyclic) bond motifs is 1. The first-order chi connectivity index (χ1) is 21.8. The largest absolute Gasteiger partial charge is 0.355 e. The maximum atomic E-state index is 14.4. The summed E-state index contributed by atoms with van der Waals surface area (Å²) in [6.45, 7) is 3.77. The molecule has 3 amide bonds. The fourth-order valence-corrected chi connectivity index (χ4v) is 7.80. The molecule has 1 aliphatic carbocycles. The number of likely N-dealkylation sites (N-methyl/N-ethyl adjacent to an activating group) is 1. The van der Waals surface area contributed by atoms with Gasteiger partial charge < -0.3 is 20.0 Å². The van der Waals surface area contributed by atoms with Crippen molar-refractivity contribution < 1.29 is 14.4 Å². The van der Waals surface area contributed by atoms with E-state index in [0.717, 1.165) is 31.7 Å². The first kappa shape index (κ1) is 31.6. The molecule has 0 unspecified atom stereocenters. The fraction of sp³-hybridized carbons (Fsp3) is 0.417. The Morgan fingerprint density at radius 1 is 0.844 bits per heavy atom. The van der Waals surface area contributed by atoms with E-state index in [2.05, 4.69) is 17.3 Å². The van der Waals surface area contributed by atoms with Crippen molar-refractivity contribution in [2.75, 3.05) is 39.8 Å². The molecule has 3 aromatic carbocycles. The zero-order valence-electron chi connectivity index (χ0n) is 25.6. The summed E-state index contributed by atoms with van der Waals surface area (Å²) in [6, 6.07) is 22.0. The number of hydrogen-bond acceptors (Lipinski definition) is 4. The Hall–Kier alpha value is -3.39. The van der Waals surface area contributed by atoms with E-state index >= 15 is 0 Å². The minimum Gasteiger partial charge on any atom is -0.355 e. The van der Waals surface area contributed by atoms with Crippen LogP contribution in [-0.4, -0.2) is 78.2 Å². The van der Waals surface area contributed by atoms with Gasteiger partial charge in [0.2, 0.25) is 11.8 Å². The maximum absolute atomic E-state index is 14.4. The molecule has 0 radical (unpaired) electrons. The molecule has 0 bridgehead atoms. The minimum absolute atomic E-state index is 0.0495. The van der Waals surface area contributed by atoms with Gasteiger partial charge in [0.05, 0.1) is 12.0 Å². The van der Waals surface area contributed by atoms with Crippen molar-refractivity contribution in [2.45, 2.75) is 50.1 Å². The van der Waals surface area contributed by atoms with Gasteiger partial charge in [0, 0.05) is 60.3 Å². The summed E-state index contributed by atoms with van der Waals surface area (Å²) in [5.74, 6) is -0.746. The van der Waals surface area contributed by atoms with E-state index in [0.29, 0.717) is 65.4 Å². The summed E-state index contributed by atoms with van der Waals surface area (Å²) < 4.78 is 0. The van der Waals surface area contributed by atoms with E-state index in [1.807, 2.05) is 70.5 Å². The van der Waals surface area contributed by atoms with Gasteiger partial charge in [0.25, 0.3) is 5.91 Å². The van der Waals surface area contributed by atoms with Gasteiger partial charge in [-0.3, -0.25) is 14.4 Å². The molecule has 0 aromatic heterocycles. The van der Waals surface area contributed by atoms with E-state index in [1.54, 1.807) is 12.1 Å². The van der Waals surface area contributed by atoms with E-state index in [-0.39, 0.29) is 29.7 Å². The lowest BCUT2D eigenvalue weighted by molar-refractivity contribution is -0.138. The monoisotopic (exact) mass is 646 g/mol. The molecule has 0 spiro atoms. The summed E-state index contributed by atoms with van der Waals surface area (Å²) in [5.41, 5.74) is 3.07. The molecule has 1 N–H and O–H groups in total. The molecule has 2 atom stereocenters.